The number of benzene rings is 2. The molecule has 0 fully saturated rings. The van der Waals surface area contributed by atoms with Crippen molar-refractivity contribution in [2.45, 2.75) is 6.42 Å². The molecule has 2 aromatic carbocycles. The first-order chi connectivity index (χ1) is 8.92. The zero-order chi connectivity index (χ0) is 12.2. The van der Waals surface area contributed by atoms with Crippen molar-refractivity contribution in [3.8, 4) is 11.1 Å². The Kier molecular flexibility index (Phi) is 2.97. The standard InChI is InChI=1S/C17H15N/c1-2-5-15(6-3-1)16-10-8-14(9-11-16)13-17-7-4-12-18-17/h1-12,18H,13H2. The average molecular weight is 233 g/mol. The Labute approximate surface area is 107 Å². The number of H-pyrrole nitrogens is 1. The molecular weight excluding hydrogens is 218 g/mol. The van der Waals surface area contributed by atoms with Crippen molar-refractivity contribution in [2.75, 3.05) is 0 Å². The van der Waals surface area contributed by atoms with E-state index in [4.69, 9.17) is 0 Å². The summed E-state index contributed by atoms with van der Waals surface area (Å²) in [5.41, 5.74) is 5.12. The van der Waals surface area contributed by atoms with Crippen LogP contribution >= 0.6 is 0 Å². The molecule has 0 bridgehead atoms. The van der Waals surface area contributed by atoms with Crippen molar-refractivity contribution in [2.24, 2.45) is 0 Å². The summed E-state index contributed by atoms with van der Waals surface area (Å²) in [6.07, 6.45) is 2.93. The Morgan fingerprint density at radius 1 is 0.667 bits per heavy atom. The lowest BCUT2D eigenvalue weighted by Gasteiger charge is -2.04. The van der Waals surface area contributed by atoms with Crippen molar-refractivity contribution < 1.29 is 0 Å². The fourth-order valence-electron chi connectivity index (χ4n) is 2.14. The number of hydrogen-bond donors (Lipinski definition) is 1. The third kappa shape index (κ3) is 2.35. The van der Waals surface area contributed by atoms with Gasteiger partial charge >= 0.3 is 0 Å². The highest BCUT2D eigenvalue weighted by Gasteiger charge is 1.99. The molecule has 0 aliphatic heterocycles. The summed E-state index contributed by atoms with van der Waals surface area (Å²) >= 11 is 0. The summed E-state index contributed by atoms with van der Waals surface area (Å²) in [4.78, 5) is 3.23. The summed E-state index contributed by atoms with van der Waals surface area (Å²) in [5.74, 6) is 0. The van der Waals surface area contributed by atoms with Crippen molar-refractivity contribution in [3.05, 3.63) is 84.2 Å². The van der Waals surface area contributed by atoms with E-state index in [0.29, 0.717) is 0 Å². The molecule has 1 aromatic heterocycles. The second-order valence-electron chi connectivity index (χ2n) is 4.44. The van der Waals surface area contributed by atoms with Gasteiger partial charge < -0.3 is 4.98 Å². The maximum Gasteiger partial charge on any atom is 0.0191 e. The molecule has 1 heterocycles. The average Bonchev–Trinajstić information content (AvgIpc) is 2.94. The van der Waals surface area contributed by atoms with Gasteiger partial charge in [-0.1, -0.05) is 54.6 Å². The molecule has 0 saturated heterocycles. The van der Waals surface area contributed by atoms with Gasteiger partial charge in [-0.25, -0.2) is 0 Å². The third-order valence-electron chi connectivity index (χ3n) is 3.12. The zero-order valence-electron chi connectivity index (χ0n) is 10.1. The zero-order valence-corrected chi connectivity index (χ0v) is 10.1. The van der Waals surface area contributed by atoms with E-state index < -0.39 is 0 Å². The largest absolute Gasteiger partial charge is 0.365 e. The highest BCUT2D eigenvalue weighted by atomic mass is 14.7. The number of hydrogen-bond acceptors (Lipinski definition) is 0. The van der Waals surface area contributed by atoms with E-state index in [1.807, 2.05) is 18.3 Å². The topological polar surface area (TPSA) is 15.8 Å². The van der Waals surface area contributed by atoms with Crippen LogP contribution in [0.2, 0.25) is 0 Å². The van der Waals surface area contributed by atoms with E-state index in [0.717, 1.165) is 6.42 Å². The van der Waals surface area contributed by atoms with Crippen LogP contribution in [0.15, 0.2) is 72.9 Å². The second-order valence-corrected chi connectivity index (χ2v) is 4.44. The molecule has 0 unspecified atom stereocenters. The Morgan fingerprint density at radius 2 is 1.39 bits per heavy atom. The van der Waals surface area contributed by atoms with Crippen LogP contribution < -0.4 is 0 Å². The minimum atomic E-state index is 0.960. The SMILES string of the molecule is c1ccc(-c2ccc(Cc3ccc[nH]3)cc2)cc1. The Morgan fingerprint density at radius 3 is 2.06 bits per heavy atom. The normalized spacial score (nSPS) is 10.4. The molecule has 0 aliphatic rings. The summed E-state index contributed by atoms with van der Waals surface area (Å²) in [5, 5.41) is 0. The monoisotopic (exact) mass is 233 g/mol. The van der Waals surface area contributed by atoms with Gasteiger partial charge in [0.15, 0.2) is 0 Å². The van der Waals surface area contributed by atoms with Crippen LogP contribution in [0.5, 0.6) is 0 Å². The van der Waals surface area contributed by atoms with Crippen LogP contribution in [0.4, 0.5) is 0 Å². The molecule has 0 atom stereocenters. The molecule has 3 rings (SSSR count). The van der Waals surface area contributed by atoms with Gasteiger partial charge in [0.2, 0.25) is 0 Å². The fraction of sp³-hybridized carbons (Fsp3) is 0.0588. The lowest BCUT2D eigenvalue weighted by atomic mass is 10.0. The van der Waals surface area contributed by atoms with Gasteiger partial charge in [0.1, 0.15) is 0 Å². The van der Waals surface area contributed by atoms with Gasteiger partial charge in [-0.2, -0.15) is 0 Å². The molecule has 18 heavy (non-hydrogen) atoms. The molecule has 1 heteroatoms. The first-order valence-corrected chi connectivity index (χ1v) is 6.18. The lowest BCUT2D eigenvalue weighted by Crippen LogP contribution is -1.87. The molecule has 0 aliphatic carbocycles. The van der Waals surface area contributed by atoms with E-state index in [9.17, 15) is 0 Å². The molecule has 88 valence electrons. The minimum Gasteiger partial charge on any atom is -0.365 e. The van der Waals surface area contributed by atoms with Gasteiger partial charge in [0, 0.05) is 18.3 Å². The van der Waals surface area contributed by atoms with Crippen molar-refractivity contribution >= 4 is 0 Å². The van der Waals surface area contributed by atoms with Crippen LogP contribution in [0.1, 0.15) is 11.3 Å². The van der Waals surface area contributed by atoms with E-state index in [2.05, 4.69) is 59.6 Å². The summed E-state index contributed by atoms with van der Waals surface area (Å²) in [7, 11) is 0. The van der Waals surface area contributed by atoms with E-state index >= 15 is 0 Å². The fourth-order valence-corrected chi connectivity index (χ4v) is 2.14. The van der Waals surface area contributed by atoms with Gasteiger partial charge in [-0.05, 0) is 28.8 Å². The smallest absolute Gasteiger partial charge is 0.0191 e. The van der Waals surface area contributed by atoms with Crippen LogP contribution in [0, 0.1) is 0 Å². The van der Waals surface area contributed by atoms with Crippen molar-refractivity contribution in [1.29, 1.82) is 0 Å². The van der Waals surface area contributed by atoms with Gasteiger partial charge in [-0.3, -0.25) is 0 Å². The van der Waals surface area contributed by atoms with Gasteiger partial charge in [-0.15, -0.1) is 0 Å². The lowest BCUT2D eigenvalue weighted by molar-refractivity contribution is 1.11. The summed E-state index contributed by atoms with van der Waals surface area (Å²) in [6.45, 7) is 0. The summed E-state index contributed by atoms with van der Waals surface area (Å²) < 4.78 is 0. The Bertz CT molecular complexity index is 592. The summed E-state index contributed by atoms with van der Waals surface area (Å²) in [6, 6.07) is 23.4. The van der Waals surface area contributed by atoms with E-state index in [1.54, 1.807) is 0 Å². The number of rotatable bonds is 3. The number of aromatic nitrogens is 1. The van der Waals surface area contributed by atoms with E-state index in [-0.39, 0.29) is 0 Å². The molecule has 1 N–H and O–H groups in total. The van der Waals surface area contributed by atoms with Crippen LogP contribution in [0.25, 0.3) is 11.1 Å². The van der Waals surface area contributed by atoms with Crippen molar-refractivity contribution in [3.63, 3.8) is 0 Å². The highest BCUT2D eigenvalue weighted by Crippen LogP contribution is 2.20. The Hall–Kier alpha value is -2.28. The number of nitrogens with one attached hydrogen (secondary N) is 1. The highest BCUT2D eigenvalue weighted by molar-refractivity contribution is 5.63. The molecular formula is C17H15N. The molecule has 0 saturated carbocycles. The first-order valence-electron chi connectivity index (χ1n) is 6.18. The molecule has 0 amide bonds. The van der Waals surface area contributed by atoms with Crippen LogP contribution in [0.3, 0.4) is 0 Å². The van der Waals surface area contributed by atoms with Crippen LogP contribution in [-0.2, 0) is 6.42 Å². The maximum absolute atomic E-state index is 3.23. The predicted octanol–water partition coefficient (Wildman–Crippen LogP) is 4.27. The number of aromatic amines is 1. The molecule has 0 spiro atoms. The maximum atomic E-state index is 3.23. The third-order valence-corrected chi connectivity index (χ3v) is 3.12. The quantitative estimate of drug-likeness (QED) is 0.695. The van der Waals surface area contributed by atoms with Gasteiger partial charge in [0.25, 0.3) is 0 Å². The van der Waals surface area contributed by atoms with Crippen molar-refractivity contribution in [1.82, 2.24) is 4.98 Å². The predicted molar refractivity (Wildman–Crippen MR) is 75.5 cm³/mol. The minimum absolute atomic E-state index is 0.960. The molecule has 1 nitrogen and oxygen atoms in total. The van der Waals surface area contributed by atoms with Crippen LogP contribution in [-0.4, -0.2) is 4.98 Å². The Balaban J connectivity index is 1.81. The van der Waals surface area contributed by atoms with E-state index in [1.165, 1.54) is 22.4 Å². The first kappa shape index (κ1) is 10.8. The second kappa shape index (κ2) is 4.92. The van der Waals surface area contributed by atoms with Gasteiger partial charge in [0.05, 0.1) is 0 Å². The molecule has 3 aromatic rings. The molecule has 0 radical (unpaired) electrons.